The van der Waals surface area contributed by atoms with Crippen LogP contribution in [0.1, 0.15) is 49.4 Å². The summed E-state index contributed by atoms with van der Waals surface area (Å²) in [6.07, 6.45) is 2.33. The van der Waals surface area contributed by atoms with E-state index in [1.165, 1.54) is 13.1 Å². The second kappa shape index (κ2) is 13.2. The number of hydrogen-bond donors (Lipinski definition) is 5. The molecule has 1 aromatic rings. The number of aliphatic carboxylic acids is 2. The summed E-state index contributed by atoms with van der Waals surface area (Å²) in [5, 5.41) is 25.6. The van der Waals surface area contributed by atoms with Crippen LogP contribution in [0.4, 0.5) is 10.6 Å². The summed E-state index contributed by atoms with van der Waals surface area (Å²) in [4.78, 5) is 62.3. The van der Waals surface area contributed by atoms with Gasteiger partial charge in [-0.2, -0.15) is 0 Å². The Morgan fingerprint density at radius 2 is 1.53 bits per heavy atom. The van der Waals surface area contributed by atoms with Gasteiger partial charge in [-0.25, -0.2) is 19.4 Å². The van der Waals surface area contributed by atoms with Crippen molar-refractivity contribution in [1.29, 1.82) is 0 Å². The smallest absolute Gasteiger partial charge is 0.326 e. The largest absolute Gasteiger partial charge is 0.480 e. The molecule has 0 aliphatic carbocycles. The second-order valence-electron chi connectivity index (χ2n) is 8.81. The highest BCUT2D eigenvalue weighted by Crippen LogP contribution is 2.13. The third-order valence-electron chi connectivity index (χ3n) is 4.89. The summed E-state index contributed by atoms with van der Waals surface area (Å²) in [5.74, 6) is -2.29. The number of urea groups is 1. The molecule has 12 nitrogen and oxygen atoms in total. The van der Waals surface area contributed by atoms with Crippen LogP contribution < -0.4 is 20.4 Å². The maximum Gasteiger partial charge on any atom is 0.326 e. The molecule has 2 atom stereocenters. The number of pyridine rings is 1. The van der Waals surface area contributed by atoms with E-state index in [4.69, 9.17) is 5.11 Å². The van der Waals surface area contributed by atoms with E-state index in [1.54, 1.807) is 12.1 Å². The Hall–Kier alpha value is -3.54. The zero-order valence-electron chi connectivity index (χ0n) is 20.0. The molecule has 188 valence electrons. The van der Waals surface area contributed by atoms with Crippen molar-refractivity contribution in [1.82, 2.24) is 25.4 Å². The van der Waals surface area contributed by atoms with Gasteiger partial charge in [-0.15, -0.1) is 0 Å². The van der Waals surface area contributed by atoms with Crippen molar-refractivity contribution in [3.8, 4) is 0 Å². The number of carbonyl (C=O) groups is 5. The van der Waals surface area contributed by atoms with Crippen molar-refractivity contribution < 1.29 is 34.2 Å². The molecule has 0 aromatic carbocycles. The molecule has 34 heavy (non-hydrogen) atoms. The van der Waals surface area contributed by atoms with E-state index in [9.17, 15) is 29.1 Å². The first-order valence-corrected chi connectivity index (χ1v) is 10.9. The van der Waals surface area contributed by atoms with E-state index in [0.29, 0.717) is 29.4 Å². The molecule has 0 saturated heterocycles. The van der Waals surface area contributed by atoms with E-state index < -0.39 is 30.1 Å². The minimum Gasteiger partial charge on any atom is -0.480 e. The number of rotatable bonds is 14. The van der Waals surface area contributed by atoms with Gasteiger partial charge in [-0.1, -0.05) is 0 Å². The second-order valence-corrected chi connectivity index (χ2v) is 8.81. The number of hydrogen-bond acceptors (Lipinski definition) is 6. The van der Waals surface area contributed by atoms with Crippen LogP contribution in [0.15, 0.2) is 18.3 Å². The van der Waals surface area contributed by atoms with E-state index in [2.05, 4.69) is 20.9 Å². The number of carbonyl (C=O) groups excluding carboxylic acids is 3. The predicted octanol–water partition coefficient (Wildman–Crippen LogP) is 0.753. The molecule has 0 fully saturated rings. The fraction of sp³-hybridized carbons (Fsp3) is 0.545. The van der Waals surface area contributed by atoms with E-state index in [0.717, 1.165) is 5.82 Å². The van der Waals surface area contributed by atoms with Gasteiger partial charge < -0.3 is 31.0 Å². The van der Waals surface area contributed by atoms with Crippen molar-refractivity contribution in [2.24, 2.45) is 0 Å². The molecule has 0 spiro atoms. The lowest BCUT2D eigenvalue weighted by Gasteiger charge is -2.21. The Morgan fingerprint density at radius 1 is 0.941 bits per heavy atom. The number of carboxylic acids is 2. The minimum atomic E-state index is -1.32. The summed E-state index contributed by atoms with van der Waals surface area (Å²) in [6.45, 7) is 1.61. The molecular weight excluding hydrogens is 446 g/mol. The maximum absolute atomic E-state index is 12.2. The number of aromatic nitrogens is 1. The Morgan fingerprint density at radius 3 is 2.00 bits per heavy atom. The first-order valence-electron chi connectivity index (χ1n) is 10.9. The lowest BCUT2D eigenvalue weighted by atomic mass is 10.1. The van der Waals surface area contributed by atoms with Crippen LogP contribution in [-0.2, 0) is 14.4 Å². The molecular formula is C22H34N5O7+. The van der Waals surface area contributed by atoms with Gasteiger partial charge in [0.05, 0.1) is 26.7 Å². The van der Waals surface area contributed by atoms with E-state index in [-0.39, 0.29) is 31.0 Å². The van der Waals surface area contributed by atoms with Gasteiger partial charge in [-0.3, -0.25) is 9.28 Å². The third-order valence-corrected chi connectivity index (χ3v) is 4.89. The zero-order valence-corrected chi connectivity index (χ0v) is 20.0. The molecule has 1 heterocycles. The van der Waals surface area contributed by atoms with Gasteiger partial charge >= 0.3 is 18.0 Å². The van der Waals surface area contributed by atoms with Crippen LogP contribution in [-0.4, -0.2) is 84.6 Å². The molecule has 5 N–H and O–H groups in total. The molecule has 0 bridgehead atoms. The molecule has 2 unspecified atom stereocenters. The van der Waals surface area contributed by atoms with Gasteiger partial charge in [0, 0.05) is 25.2 Å². The molecule has 12 heteroatoms. The lowest BCUT2D eigenvalue weighted by Crippen LogP contribution is -2.51. The molecule has 3 amide bonds. The average molecular weight is 481 g/mol. The predicted molar refractivity (Wildman–Crippen MR) is 124 cm³/mol. The molecule has 0 saturated carbocycles. The fourth-order valence-corrected chi connectivity index (χ4v) is 2.92. The highest BCUT2D eigenvalue weighted by Gasteiger charge is 2.24. The third kappa shape index (κ3) is 10.4. The number of unbranched alkanes of at least 4 members (excludes halogenated alkanes) is 1. The zero-order chi connectivity index (χ0) is 25.9. The quantitative estimate of drug-likeness (QED) is 0.191. The summed E-state index contributed by atoms with van der Waals surface area (Å²) in [7, 11) is 5.89. The Balaban J connectivity index is 2.45. The number of quaternary nitrogens is 1. The van der Waals surface area contributed by atoms with E-state index in [1.807, 2.05) is 21.1 Å². The standard InChI is InChI=1S/C22H33N5O7/c1-14(28)8-10-17(21(32)33)26-22(34)25-16(20(30)31)7-5-6-12-23-19(29)15-9-11-18(24-13-15)27(2,3)4/h9,11,13,16-17H,5-8,10,12H2,1-4H3,(H4-,23,25,26,29,30,31,32,33,34)/p+1. The summed E-state index contributed by atoms with van der Waals surface area (Å²) in [5.41, 5.74) is 0.414. The topological polar surface area (TPSA) is 175 Å². The van der Waals surface area contributed by atoms with Gasteiger partial charge in [0.25, 0.3) is 5.91 Å². The summed E-state index contributed by atoms with van der Waals surface area (Å²) < 4.78 is 0.522. The molecule has 0 aliphatic rings. The molecule has 0 aliphatic heterocycles. The van der Waals surface area contributed by atoms with Crippen molar-refractivity contribution >= 4 is 35.5 Å². The lowest BCUT2D eigenvalue weighted by molar-refractivity contribution is -0.139. The van der Waals surface area contributed by atoms with Crippen molar-refractivity contribution in [2.45, 2.75) is 51.1 Å². The number of amides is 3. The number of Topliss-reactive ketones (excluding diaryl/α,β-unsaturated/α-hetero) is 1. The van der Waals surface area contributed by atoms with Gasteiger partial charge in [0.1, 0.15) is 17.9 Å². The van der Waals surface area contributed by atoms with Crippen molar-refractivity contribution in [2.75, 3.05) is 27.7 Å². The van der Waals surface area contributed by atoms with Gasteiger partial charge in [0.2, 0.25) is 5.82 Å². The Labute approximate surface area is 198 Å². The monoisotopic (exact) mass is 480 g/mol. The Kier molecular flexibility index (Phi) is 11.1. The van der Waals surface area contributed by atoms with Crippen LogP contribution in [0.25, 0.3) is 0 Å². The van der Waals surface area contributed by atoms with E-state index >= 15 is 0 Å². The first kappa shape index (κ1) is 28.5. The number of nitrogens with zero attached hydrogens (tertiary/aromatic N) is 2. The summed E-state index contributed by atoms with van der Waals surface area (Å²) in [6, 6.07) is -0.0190. The van der Waals surface area contributed by atoms with Crippen LogP contribution in [0.2, 0.25) is 0 Å². The van der Waals surface area contributed by atoms with Crippen LogP contribution in [0.3, 0.4) is 0 Å². The number of ketones is 1. The molecule has 0 radical (unpaired) electrons. The van der Waals surface area contributed by atoms with Gasteiger partial charge in [-0.05, 0) is 38.7 Å². The fourth-order valence-electron chi connectivity index (χ4n) is 2.92. The molecule has 1 aromatic heterocycles. The normalized spacial score (nSPS) is 12.8. The first-order chi connectivity index (χ1) is 15.8. The van der Waals surface area contributed by atoms with Crippen LogP contribution in [0.5, 0.6) is 0 Å². The summed E-state index contributed by atoms with van der Waals surface area (Å²) >= 11 is 0. The Bertz CT molecular complexity index is 881. The highest BCUT2D eigenvalue weighted by atomic mass is 16.4. The number of carboxylic acid groups (broad SMARTS) is 2. The van der Waals surface area contributed by atoms with Crippen molar-refractivity contribution in [3.63, 3.8) is 0 Å². The van der Waals surface area contributed by atoms with Gasteiger partial charge in [0.15, 0.2) is 0 Å². The van der Waals surface area contributed by atoms with Crippen LogP contribution >= 0.6 is 0 Å². The van der Waals surface area contributed by atoms with Crippen molar-refractivity contribution in [3.05, 3.63) is 23.9 Å². The SMILES string of the molecule is CC(=O)CCC(NC(=O)NC(CCCCNC(=O)c1ccc([N+](C)(C)C)nc1)C(=O)O)C(=O)O. The maximum atomic E-state index is 12.2. The highest BCUT2D eigenvalue weighted by molar-refractivity contribution is 5.94. The average Bonchev–Trinajstić information content (AvgIpc) is 2.74. The minimum absolute atomic E-state index is 0.0264. The number of nitrogens with one attached hydrogen (secondary N) is 3. The van der Waals surface area contributed by atoms with Crippen LogP contribution in [0, 0.1) is 0 Å². The molecule has 1 rings (SSSR count).